The highest BCUT2D eigenvalue weighted by Crippen LogP contribution is 2.47. The molecule has 282 valence electrons. The van der Waals surface area contributed by atoms with Crippen LogP contribution in [0.25, 0.3) is 62.2 Å². The van der Waals surface area contributed by atoms with E-state index in [1.165, 1.54) is 82.5 Å². The van der Waals surface area contributed by atoms with Crippen LogP contribution in [0.4, 0.5) is 0 Å². The largest absolute Gasteiger partial charge is 0.317 e. The summed E-state index contributed by atoms with van der Waals surface area (Å²) in [6.07, 6.45) is 24.4. The summed E-state index contributed by atoms with van der Waals surface area (Å²) >= 11 is 2.04. The van der Waals surface area contributed by atoms with E-state index in [2.05, 4.69) is 158 Å². The molecule has 0 N–H and O–H groups in total. The number of aromatic nitrogens is 2. The van der Waals surface area contributed by atoms with Crippen LogP contribution in [-0.4, -0.2) is 32.8 Å². The van der Waals surface area contributed by atoms with Gasteiger partial charge in [0, 0.05) is 60.7 Å². The molecular formula is C51H52N4S. The second-order valence-corrected chi connectivity index (χ2v) is 19.1. The van der Waals surface area contributed by atoms with Crippen molar-refractivity contribution in [1.82, 2.24) is 14.0 Å². The molecule has 1 aliphatic heterocycles. The molecule has 0 fully saturated rings. The lowest BCUT2D eigenvalue weighted by Crippen LogP contribution is -2.54. The molecule has 4 aliphatic carbocycles. The first kappa shape index (κ1) is 34.5. The van der Waals surface area contributed by atoms with Gasteiger partial charge in [-0.1, -0.05) is 99.7 Å². The number of nitrogens with zero attached hydrogens (tertiary/aromatic N) is 4. The summed E-state index contributed by atoms with van der Waals surface area (Å²) in [4.78, 5) is 9.52. The summed E-state index contributed by atoms with van der Waals surface area (Å²) in [6.45, 7) is 9.60. The molecule has 6 unspecified atom stereocenters. The standard InChI is InChI=1S/C51H52N4S/c1-31-17-20-39-37-13-6-8-15-44(37)54(47(39)27-31)36-12-10-11-35(30-36)51(4)23-24-52-50(53(51)5)55-45-16-9-7-14-38(45)42-29-34(19-22-46(42)55)41-25-33(3)26-43-40-21-18-32(2)28-48(40)56-49(41)43/h6-9,12-22,24,26,29,31-33,35,50H,10-11,23,25,27-28,30H2,1-5H3. The van der Waals surface area contributed by atoms with Gasteiger partial charge in [-0.2, -0.15) is 0 Å². The number of rotatable bonds is 4. The Balaban J connectivity index is 0.978. The van der Waals surface area contributed by atoms with Crippen LogP contribution in [0, 0.1) is 23.7 Å². The second-order valence-electron chi connectivity index (χ2n) is 17.9. The van der Waals surface area contributed by atoms with Gasteiger partial charge in [0.05, 0.1) is 16.6 Å². The fourth-order valence-electron chi connectivity index (χ4n) is 11.1. The summed E-state index contributed by atoms with van der Waals surface area (Å²) in [7, 11) is 2.35. The molecule has 3 aromatic carbocycles. The molecule has 5 aliphatic rings. The Labute approximate surface area is 334 Å². The molecule has 6 aromatic rings. The highest BCUT2D eigenvalue weighted by molar-refractivity contribution is 7.10. The normalized spacial score (nSPS) is 27.4. The minimum atomic E-state index is -0.121. The van der Waals surface area contributed by atoms with Crippen molar-refractivity contribution in [3.05, 3.63) is 122 Å². The van der Waals surface area contributed by atoms with Gasteiger partial charge >= 0.3 is 0 Å². The highest BCUT2D eigenvalue weighted by atomic mass is 32.1. The highest BCUT2D eigenvalue weighted by Gasteiger charge is 2.44. The molecule has 4 nitrogen and oxygen atoms in total. The molecule has 0 saturated heterocycles. The maximum absolute atomic E-state index is 5.34. The lowest BCUT2D eigenvalue weighted by Gasteiger charge is -2.50. The molecule has 0 radical (unpaired) electrons. The molecular weight excluding hydrogens is 701 g/mol. The lowest BCUT2D eigenvalue weighted by atomic mass is 9.73. The number of benzene rings is 3. The first-order valence-corrected chi connectivity index (χ1v) is 21.9. The number of aliphatic imine (C=N–C) groups is 1. The zero-order valence-electron chi connectivity index (χ0n) is 33.4. The fourth-order valence-corrected chi connectivity index (χ4v) is 12.6. The maximum atomic E-state index is 5.34. The molecule has 3 aromatic heterocycles. The molecule has 6 atom stereocenters. The Morgan fingerprint density at radius 1 is 0.768 bits per heavy atom. The monoisotopic (exact) mass is 752 g/mol. The number of fused-ring (bicyclic) bond motifs is 9. The Kier molecular flexibility index (Phi) is 7.96. The van der Waals surface area contributed by atoms with Gasteiger partial charge in [0.25, 0.3) is 0 Å². The third-order valence-electron chi connectivity index (χ3n) is 14.2. The Bertz CT molecular complexity index is 2850. The molecule has 5 heteroatoms. The van der Waals surface area contributed by atoms with Crippen molar-refractivity contribution in [1.29, 1.82) is 0 Å². The van der Waals surface area contributed by atoms with Gasteiger partial charge in [0.15, 0.2) is 6.29 Å². The van der Waals surface area contributed by atoms with E-state index in [0.29, 0.717) is 23.7 Å². The Morgan fingerprint density at radius 2 is 1.52 bits per heavy atom. The zero-order chi connectivity index (χ0) is 37.9. The van der Waals surface area contributed by atoms with E-state index < -0.39 is 0 Å². The van der Waals surface area contributed by atoms with Crippen molar-refractivity contribution < 1.29 is 0 Å². The quantitative estimate of drug-likeness (QED) is 0.176. The van der Waals surface area contributed by atoms with E-state index in [1.54, 1.807) is 4.88 Å². The van der Waals surface area contributed by atoms with Crippen LogP contribution in [0.3, 0.4) is 0 Å². The van der Waals surface area contributed by atoms with Gasteiger partial charge in [-0.3, -0.25) is 9.89 Å². The predicted octanol–water partition coefficient (Wildman–Crippen LogP) is 11.2. The summed E-state index contributed by atoms with van der Waals surface area (Å²) in [6, 6.07) is 25.4. The van der Waals surface area contributed by atoms with Crippen LogP contribution < -0.4 is 9.75 Å². The van der Waals surface area contributed by atoms with E-state index in [4.69, 9.17) is 4.99 Å². The number of hydrogen-bond donors (Lipinski definition) is 0. The van der Waals surface area contributed by atoms with E-state index in [0.717, 1.165) is 38.5 Å². The van der Waals surface area contributed by atoms with Gasteiger partial charge in [-0.05, 0) is 122 Å². The molecule has 11 rings (SSSR count). The van der Waals surface area contributed by atoms with Gasteiger partial charge in [0.2, 0.25) is 0 Å². The van der Waals surface area contributed by atoms with E-state index >= 15 is 0 Å². The van der Waals surface area contributed by atoms with Gasteiger partial charge < -0.3 is 9.13 Å². The first-order chi connectivity index (χ1) is 27.3. The lowest BCUT2D eigenvalue weighted by molar-refractivity contribution is 0.00494. The van der Waals surface area contributed by atoms with Gasteiger partial charge in [-0.15, -0.1) is 11.3 Å². The van der Waals surface area contributed by atoms with Crippen molar-refractivity contribution in [3.63, 3.8) is 0 Å². The van der Waals surface area contributed by atoms with E-state index in [1.807, 2.05) is 11.3 Å². The minimum absolute atomic E-state index is 0.0506. The number of hydrogen-bond acceptors (Lipinski definition) is 3. The van der Waals surface area contributed by atoms with Crippen LogP contribution >= 0.6 is 11.3 Å². The summed E-state index contributed by atoms with van der Waals surface area (Å²) < 4.78 is 6.67. The maximum Gasteiger partial charge on any atom is 0.182 e. The van der Waals surface area contributed by atoms with Crippen LogP contribution in [0.2, 0.25) is 0 Å². The zero-order valence-corrected chi connectivity index (χ0v) is 34.2. The number of allylic oxidation sites excluding steroid dienone is 4. The number of para-hydroxylation sites is 2. The number of thiophene rings is 1. The molecule has 0 saturated carbocycles. The van der Waals surface area contributed by atoms with Crippen molar-refractivity contribution in [2.45, 2.75) is 84.5 Å². The average Bonchev–Trinajstić information content (AvgIpc) is 3.85. The summed E-state index contributed by atoms with van der Waals surface area (Å²) in [5, 5.41) is 5.50. The van der Waals surface area contributed by atoms with Crippen LogP contribution in [-0.2, 0) is 12.8 Å². The van der Waals surface area contributed by atoms with Crippen LogP contribution in [0.15, 0.2) is 90.0 Å². The molecule has 0 amide bonds. The molecule has 56 heavy (non-hydrogen) atoms. The van der Waals surface area contributed by atoms with E-state index in [-0.39, 0.29) is 11.8 Å². The minimum Gasteiger partial charge on any atom is -0.317 e. The Morgan fingerprint density at radius 3 is 2.38 bits per heavy atom. The predicted molar refractivity (Wildman–Crippen MR) is 239 cm³/mol. The third-order valence-corrected chi connectivity index (χ3v) is 15.5. The third kappa shape index (κ3) is 5.16. The second kappa shape index (κ2) is 12.9. The Hall–Kier alpha value is -4.71. The first-order valence-electron chi connectivity index (χ1n) is 21.1. The average molecular weight is 753 g/mol. The SMILES string of the molecule is CC1C=c2c3c(sc2=C(c2ccc4c(c2)c2ccccc2n4C2N=CCC(C)(C4CCC=C(n5c6c(c7ccccc75)C=CC(C)C6)C4)N2C)C1)CC(C)C=C3. The smallest absolute Gasteiger partial charge is 0.182 e. The fraction of sp³-hybridized carbons (Fsp3) is 0.353. The van der Waals surface area contributed by atoms with Crippen molar-refractivity contribution in [2.75, 3.05) is 7.05 Å². The van der Waals surface area contributed by atoms with Crippen molar-refractivity contribution in [3.8, 4) is 0 Å². The van der Waals surface area contributed by atoms with Crippen LogP contribution in [0.1, 0.15) is 93.4 Å². The topological polar surface area (TPSA) is 25.5 Å². The van der Waals surface area contributed by atoms with Gasteiger partial charge in [-0.25, -0.2) is 0 Å². The molecule has 4 heterocycles. The summed E-state index contributed by atoms with van der Waals surface area (Å²) in [5.74, 6) is 2.17. The van der Waals surface area contributed by atoms with Gasteiger partial charge in [0.1, 0.15) is 0 Å². The van der Waals surface area contributed by atoms with Crippen molar-refractivity contribution >= 4 is 79.8 Å². The molecule has 0 spiro atoms. The van der Waals surface area contributed by atoms with Crippen LogP contribution in [0.5, 0.6) is 0 Å². The summed E-state index contributed by atoms with van der Waals surface area (Å²) in [5.41, 5.74) is 12.6. The van der Waals surface area contributed by atoms with E-state index in [9.17, 15) is 0 Å². The molecule has 0 bridgehead atoms. The van der Waals surface area contributed by atoms with Crippen molar-refractivity contribution in [2.24, 2.45) is 28.7 Å².